The highest BCUT2D eigenvalue weighted by Crippen LogP contribution is 2.17. The maximum Gasteiger partial charge on any atom is 0.303 e. The standard InChI is InChI=1S/C10H16N4O2S/c1-13(2)17(15,16)14(3)9-6-4-8(5-7-9)10(11)12/h4-7H,1-3H3,(H3,11,12). The minimum absolute atomic E-state index is 0.0466. The molecule has 0 bridgehead atoms. The largest absolute Gasteiger partial charge is 0.384 e. The van der Waals surface area contributed by atoms with Crippen LogP contribution >= 0.6 is 0 Å². The Balaban J connectivity index is 3.06. The number of nitrogens with one attached hydrogen (secondary N) is 1. The lowest BCUT2D eigenvalue weighted by Crippen LogP contribution is -2.37. The predicted molar refractivity (Wildman–Crippen MR) is 68.5 cm³/mol. The molecule has 3 N–H and O–H groups in total. The number of hydrogen-bond acceptors (Lipinski definition) is 3. The van der Waals surface area contributed by atoms with Gasteiger partial charge in [-0.25, -0.2) is 0 Å². The molecule has 0 saturated carbocycles. The van der Waals surface area contributed by atoms with Crippen molar-refractivity contribution in [3.05, 3.63) is 29.8 Å². The van der Waals surface area contributed by atoms with Crippen molar-refractivity contribution in [3.63, 3.8) is 0 Å². The summed E-state index contributed by atoms with van der Waals surface area (Å²) in [5.41, 5.74) is 6.39. The summed E-state index contributed by atoms with van der Waals surface area (Å²) >= 11 is 0. The van der Waals surface area contributed by atoms with Crippen molar-refractivity contribution in [3.8, 4) is 0 Å². The number of nitrogens with two attached hydrogens (primary N) is 1. The molecule has 0 aliphatic carbocycles. The number of nitrogen functional groups attached to an aromatic ring is 1. The van der Waals surface area contributed by atoms with E-state index in [-0.39, 0.29) is 5.84 Å². The number of rotatable bonds is 4. The van der Waals surface area contributed by atoms with Gasteiger partial charge < -0.3 is 5.73 Å². The quantitative estimate of drug-likeness (QED) is 0.596. The fourth-order valence-corrected chi connectivity index (χ4v) is 2.11. The Kier molecular flexibility index (Phi) is 3.74. The summed E-state index contributed by atoms with van der Waals surface area (Å²) in [7, 11) is 0.925. The smallest absolute Gasteiger partial charge is 0.303 e. The molecule has 0 saturated heterocycles. The maximum atomic E-state index is 11.8. The van der Waals surface area contributed by atoms with Crippen LogP contribution in [0, 0.1) is 5.41 Å². The van der Waals surface area contributed by atoms with E-state index in [0.29, 0.717) is 11.3 Å². The van der Waals surface area contributed by atoms with Crippen LogP contribution in [0.3, 0.4) is 0 Å². The highest BCUT2D eigenvalue weighted by Gasteiger charge is 2.20. The van der Waals surface area contributed by atoms with Gasteiger partial charge in [-0.3, -0.25) is 9.71 Å². The first kappa shape index (κ1) is 13.5. The van der Waals surface area contributed by atoms with Gasteiger partial charge in [-0.2, -0.15) is 12.7 Å². The molecule has 0 aliphatic rings. The van der Waals surface area contributed by atoms with Gasteiger partial charge in [0.15, 0.2) is 0 Å². The minimum Gasteiger partial charge on any atom is -0.384 e. The van der Waals surface area contributed by atoms with Crippen LogP contribution in [0.4, 0.5) is 5.69 Å². The normalized spacial score (nSPS) is 11.5. The van der Waals surface area contributed by atoms with Crippen molar-refractivity contribution in [1.82, 2.24) is 4.31 Å². The summed E-state index contributed by atoms with van der Waals surface area (Å²) in [6.07, 6.45) is 0. The van der Waals surface area contributed by atoms with Gasteiger partial charge in [-0.15, -0.1) is 0 Å². The molecular weight excluding hydrogens is 240 g/mol. The summed E-state index contributed by atoms with van der Waals surface area (Å²) in [5.74, 6) is -0.0466. The average molecular weight is 256 g/mol. The van der Waals surface area contributed by atoms with Gasteiger partial charge in [0.25, 0.3) is 0 Å². The third-order valence-electron chi connectivity index (χ3n) is 2.35. The Morgan fingerprint density at radius 2 is 1.65 bits per heavy atom. The summed E-state index contributed by atoms with van der Waals surface area (Å²) in [6.45, 7) is 0. The van der Waals surface area contributed by atoms with Gasteiger partial charge >= 0.3 is 10.2 Å². The Bertz CT molecular complexity index is 508. The zero-order valence-corrected chi connectivity index (χ0v) is 10.8. The number of anilines is 1. The Labute approximate surface area is 101 Å². The summed E-state index contributed by atoms with van der Waals surface area (Å²) in [4.78, 5) is 0. The lowest BCUT2D eigenvalue weighted by Gasteiger charge is -2.23. The molecule has 17 heavy (non-hydrogen) atoms. The molecule has 0 aromatic heterocycles. The molecule has 0 radical (unpaired) electrons. The van der Waals surface area contributed by atoms with Crippen LogP contribution in [0.1, 0.15) is 5.56 Å². The third kappa shape index (κ3) is 2.75. The molecule has 0 heterocycles. The van der Waals surface area contributed by atoms with E-state index in [1.165, 1.54) is 21.1 Å². The van der Waals surface area contributed by atoms with Gasteiger partial charge in [0, 0.05) is 26.7 Å². The predicted octanol–water partition coefficient (Wildman–Crippen LogP) is 0.213. The summed E-state index contributed by atoms with van der Waals surface area (Å²) in [6, 6.07) is 6.44. The van der Waals surface area contributed by atoms with Crippen LogP contribution in [-0.2, 0) is 10.2 Å². The van der Waals surface area contributed by atoms with E-state index in [9.17, 15) is 8.42 Å². The van der Waals surface area contributed by atoms with E-state index in [4.69, 9.17) is 11.1 Å². The highest BCUT2D eigenvalue weighted by atomic mass is 32.2. The lowest BCUT2D eigenvalue weighted by atomic mass is 10.2. The molecule has 94 valence electrons. The number of benzene rings is 1. The van der Waals surface area contributed by atoms with Crippen LogP contribution in [-0.4, -0.2) is 39.7 Å². The highest BCUT2D eigenvalue weighted by molar-refractivity contribution is 7.90. The second-order valence-electron chi connectivity index (χ2n) is 3.72. The molecular formula is C10H16N4O2S. The van der Waals surface area contributed by atoms with E-state index in [1.807, 2.05) is 0 Å². The first-order chi connectivity index (χ1) is 7.76. The molecule has 0 amide bonds. The van der Waals surface area contributed by atoms with Crippen molar-refractivity contribution in [1.29, 1.82) is 5.41 Å². The van der Waals surface area contributed by atoms with E-state index < -0.39 is 10.2 Å². The zero-order valence-electron chi connectivity index (χ0n) is 10.0. The first-order valence-corrected chi connectivity index (χ1v) is 6.27. The third-order valence-corrected chi connectivity index (χ3v) is 4.18. The van der Waals surface area contributed by atoms with Gasteiger partial charge in [0.1, 0.15) is 5.84 Å². The minimum atomic E-state index is -3.48. The molecule has 0 atom stereocenters. The number of nitrogens with zero attached hydrogens (tertiary/aromatic N) is 2. The number of hydrogen-bond donors (Lipinski definition) is 2. The van der Waals surface area contributed by atoms with Gasteiger partial charge in [0.05, 0.1) is 5.69 Å². The van der Waals surface area contributed by atoms with E-state index in [2.05, 4.69) is 0 Å². The zero-order chi connectivity index (χ0) is 13.2. The van der Waals surface area contributed by atoms with Crippen molar-refractivity contribution in [2.24, 2.45) is 5.73 Å². The monoisotopic (exact) mass is 256 g/mol. The molecule has 0 spiro atoms. The van der Waals surface area contributed by atoms with Crippen LogP contribution in [0.5, 0.6) is 0 Å². The maximum absolute atomic E-state index is 11.8. The lowest BCUT2D eigenvalue weighted by molar-refractivity contribution is 0.519. The number of amidine groups is 1. The van der Waals surface area contributed by atoms with Crippen LogP contribution < -0.4 is 10.0 Å². The Morgan fingerprint density at radius 3 is 2.00 bits per heavy atom. The summed E-state index contributed by atoms with van der Waals surface area (Å²) in [5, 5.41) is 7.24. The average Bonchev–Trinajstić information content (AvgIpc) is 2.27. The molecule has 0 aliphatic heterocycles. The van der Waals surface area contributed by atoms with Gasteiger partial charge in [0.2, 0.25) is 0 Å². The van der Waals surface area contributed by atoms with E-state index in [1.54, 1.807) is 24.3 Å². The topological polar surface area (TPSA) is 90.5 Å². The molecule has 1 rings (SSSR count). The molecule has 7 heteroatoms. The Morgan fingerprint density at radius 1 is 1.18 bits per heavy atom. The molecule has 0 unspecified atom stereocenters. The SMILES string of the molecule is CN(C)S(=O)(=O)N(C)c1ccc(C(=N)N)cc1. The van der Waals surface area contributed by atoms with E-state index >= 15 is 0 Å². The van der Waals surface area contributed by atoms with Gasteiger partial charge in [-0.05, 0) is 24.3 Å². The summed E-state index contributed by atoms with van der Waals surface area (Å²) < 4.78 is 26.0. The molecule has 0 fully saturated rings. The Hall–Kier alpha value is -1.60. The van der Waals surface area contributed by atoms with Crippen molar-refractivity contribution in [2.45, 2.75) is 0 Å². The van der Waals surface area contributed by atoms with Crippen molar-refractivity contribution >= 4 is 21.7 Å². The van der Waals surface area contributed by atoms with Crippen LogP contribution in [0.2, 0.25) is 0 Å². The van der Waals surface area contributed by atoms with Crippen molar-refractivity contribution < 1.29 is 8.42 Å². The van der Waals surface area contributed by atoms with Crippen LogP contribution in [0.25, 0.3) is 0 Å². The molecule has 1 aromatic rings. The first-order valence-electron chi connectivity index (χ1n) is 4.87. The molecule has 1 aromatic carbocycles. The van der Waals surface area contributed by atoms with Crippen LogP contribution in [0.15, 0.2) is 24.3 Å². The second kappa shape index (κ2) is 4.72. The molecule has 6 nitrogen and oxygen atoms in total. The second-order valence-corrected chi connectivity index (χ2v) is 5.89. The fourth-order valence-electron chi connectivity index (χ4n) is 1.23. The van der Waals surface area contributed by atoms with Crippen molar-refractivity contribution in [2.75, 3.05) is 25.4 Å². The van der Waals surface area contributed by atoms with Gasteiger partial charge in [-0.1, -0.05) is 0 Å². The fraction of sp³-hybridized carbons (Fsp3) is 0.300. The van der Waals surface area contributed by atoms with E-state index in [0.717, 1.165) is 8.61 Å².